The van der Waals surface area contributed by atoms with Gasteiger partial charge in [-0.15, -0.1) is 0 Å². The van der Waals surface area contributed by atoms with Crippen molar-refractivity contribution < 1.29 is 9.50 Å². The molecule has 0 unspecified atom stereocenters. The molecule has 3 heterocycles. The molecule has 0 fully saturated rings. The van der Waals surface area contributed by atoms with Crippen LogP contribution in [0.25, 0.3) is 27.9 Å². The average molecular weight is 472 g/mol. The summed E-state index contributed by atoms with van der Waals surface area (Å²) < 4.78 is 17.7. The second-order valence-electron chi connectivity index (χ2n) is 8.80. The quantitative estimate of drug-likeness (QED) is 0.464. The van der Waals surface area contributed by atoms with Crippen LogP contribution in [-0.2, 0) is 7.05 Å². The Labute approximate surface area is 202 Å². The summed E-state index contributed by atoms with van der Waals surface area (Å²) in [5, 5.41) is 14.5. The number of hydrogen-bond acceptors (Lipinski definition) is 5. The molecule has 0 aliphatic carbocycles. The highest BCUT2D eigenvalue weighted by Crippen LogP contribution is 2.40. The van der Waals surface area contributed by atoms with E-state index in [1.807, 2.05) is 38.2 Å². The van der Waals surface area contributed by atoms with E-state index in [0.29, 0.717) is 16.7 Å². The lowest BCUT2D eigenvalue weighted by Gasteiger charge is -2.27. The molecule has 2 aromatic heterocycles. The molecule has 2 N–H and O–H groups in total. The van der Waals surface area contributed by atoms with E-state index in [1.54, 1.807) is 37.8 Å². The SMILES string of the molecule is CC1=CN(c2cncc(-c3cc(C)cc(-c4ccc(-n5ccn(C)c5=O)c(F)c4)c3O)c2)CCN1. The molecule has 4 aromatic rings. The molecular formula is C27H26FN5O2. The van der Waals surface area contributed by atoms with Crippen LogP contribution < -0.4 is 15.9 Å². The predicted octanol–water partition coefficient (Wildman–Crippen LogP) is 4.33. The number of hydrogen-bond donors (Lipinski definition) is 2. The number of imidazole rings is 1. The van der Waals surface area contributed by atoms with Crippen molar-refractivity contribution in [3.63, 3.8) is 0 Å². The Morgan fingerprint density at radius 2 is 1.80 bits per heavy atom. The largest absolute Gasteiger partial charge is 0.507 e. The fraction of sp³-hybridized carbons (Fsp3) is 0.185. The maximum Gasteiger partial charge on any atom is 0.332 e. The van der Waals surface area contributed by atoms with Gasteiger partial charge in [0.25, 0.3) is 0 Å². The zero-order chi connectivity index (χ0) is 24.7. The van der Waals surface area contributed by atoms with Gasteiger partial charge in [0.2, 0.25) is 0 Å². The highest BCUT2D eigenvalue weighted by molar-refractivity contribution is 5.84. The first kappa shape index (κ1) is 22.5. The van der Waals surface area contributed by atoms with Gasteiger partial charge in [-0.25, -0.2) is 9.18 Å². The van der Waals surface area contributed by atoms with Crippen LogP contribution in [0.15, 0.2) is 77.9 Å². The maximum atomic E-state index is 15.1. The van der Waals surface area contributed by atoms with Gasteiger partial charge in [-0.1, -0.05) is 6.07 Å². The predicted molar refractivity (Wildman–Crippen MR) is 135 cm³/mol. The van der Waals surface area contributed by atoms with Gasteiger partial charge < -0.3 is 19.9 Å². The summed E-state index contributed by atoms with van der Waals surface area (Å²) in [4.78, 5) is 18.8. The lowest BCUT2D eigenvalue weighted by atomic mass is 9.95. The van der Waals surface area contributed by atoms with Gasteiger partial charge in [-0.2, -0.15) is 0 Å². The summed E-state index contributed by atoms with van der Waals surface area (Å²) in [6, 6.07) is 10.3. The zero-order valence-electron chi connectivity index (χ0n) is 19.8. The molecule has 8 heteroatoms. The molecule has 0 saturated heterocycles. The Balaban J connectivity index is 1.56. The van der Waals surface area contributed by atoms with Gasteiger partial charge in [0.05, 0.1) is 17.6 Å². The number of allylic oxidation sites excluding steroid dienone is 1. The van der Waals surface area contributed by atoms with E-state index in [0.717, 1.165) is 35.6 Å². The van der Waals surface area contributed by atoms with Crippen molar-refractivity contribution >= 4 is 5.69 Å². The second-order valence-corrected chi connectivity index (χ2v) is 8.80. The monoisotopic (exact) mass is 471 g/mol. The first-order chi connectivity index (χ1) is 16.8. The Morgan fingerprint density at radius 3 is 2.49 bits per heavy atom. The summed E-state index contributed by atoms with van der Waals surface area (Å²) in [5.74, 6) is -0.506. The molecule has 0 bridgehead atoms. The van der Waals surface area contributed by atoms with Crippen molar-refractivity contribution in [2.75, 3.05) is 18.0 Å². The number of halogens is 1. The summed E-state index contributed by atoms with van der Waals surface area (Å²) in [5.41, 5.74) is 5.15. The Morgan fingerprint density at radius 1 is 1.03 bits per heavy atom. The minimum Gasteiger partial charge on any atom is -0.507 e. The molecule has 5 rings (SSSR count). The standard InChI is InChI=1S/C27H26FN5O2/c1-17-10-22(19-4-5-25(24(28)13-19)33-9-8-31(3)27(33)35)26(34)23(11-17)20-12-21(15-29-14-20)32-7-6-30-18(2)16-32/h4-5,8-16,30,34H,6-7H2,1-3H3. The molecule has 0 spiro atoms. The number of nitrogens with zero attached hydrogens (tertiary/aromatic N) is 4. The summed E-state index contributed by atoms with van der Waals surface area (Å²) in [7, 11) is 1.61. The van der Waals surface area contributed by atoms with Crippen LogP contribution in [0.1, 0.15) is 12.5 Å². The van der Waals surface area contributed by atoms with Crippen LogP contribution in [-0.4, -0.2) is 32.3 Å². The van der Waals surface area contributed by atoms with Crippen LogP contribution in [0.2, 0.25) is 0 Å². The van der Waals surface area contributed by atoms with Gasteiger partial charge in [0.15, 0.2) is 0 Å². The number of rotatable bonds is 4. The van der Waals surface area contributed by atoms with Crippen LogP contribution in [0.5, 0.6) is 5.75 Å². The van der Waals surface area contributed by atoms with E-state index in [-0.39, 0.29) is 17.1 Å². The highest BCUT2D eigenvalue weighted by Gasteiger charge is 2.17. The van der Waals surface area contributed by atoms with Crippen molar-refractivity contribution in [1.29, 1.82) is 0 Å². The molecule has 7 nitrogen and oxygen atoms in total. The smallest absolute Gasteiger partial charge is 0.332 e. The zero-order valence-corrected chi connectivity index (χ0v) is 19.8. The van der Waals surface area contributed by atoms with E-state index >= 15 is 4.39 Å². The van der Waals surface area contributed by atoms with Crippen molar-refractivity contribution in [2.45, 2.75) is 13.8 Å². The topological polar surface area (TPSA) is 75.3 Å². The number of aromatic nitrogens is 3. The number of anilines is 1. The molecule has 0 radical (unpaired) electrons. The molecule has 0 saturated carbocycles. The first-order valence-electron chi connectivity index (χ1n) is 11.3. The maximum absolute atomic E-state index is 15.1. The molecule has 0 amide bonds. The molecule has 35 heavy (non-hydrogen) atoms. The lowest BCUT2D eigenvalue weighted by Crippen LogP contribution is -2.33. The van der Waals surface area contributed by atoms with E-state index in [2.05, 4.69) is 15.2 Å². The third-order valence-corrected chi connectivity index (χ3v) is 6.19. The summed E-state index contributed by atoms with van der Waals surface area (Å²) >= 11 is 0. The minimum atomic E-state index is -0.553. The number of phenolic OH excluding ortho intramolecular Hbond substituents is 1. The van der Waals surface area contributed by atoms with E-state index in [4.69, 9.17) is 0 Å². The first-order valence-corrected chi connectivity index (χ1v) is 11.3. The van der Waals surface area contributed by atoms with Crippen molar-refractivity contribution in [3.05, 3.63) is 94.9 Å². The van der Waals surface area contributed by atoms with Gasteiger partial charge in [-0.3, -0.25) is 9.55 Å². The van der Waals surface area contributed by atoms with Crippen LogP contribution in [0.3, 0.4) is 0 Å². The number of benzene rings is 2. The van der Waals surface area contributed by atoms with Crippen LogP contribution in [0.4, 0.5) is 10.1 Å². The molecular weight excluding hydrogens is 445 g/mol. The number of pyridine rings is 1. The van der Waals surface area contributed by atoms with E-state index in [9.17, 15) is 9.90 Å². The fourth-order valence-electron chi connectivity index (χ4n) is 4.39. The Bertz CT molecular complexity index is 1520. The average Bonchev–Trinajstić information content (AvgIpc) is 3.18. The van der Waals surface area contributed by atoms with Gasteiger partial charge >= 0.3 is 5.69 Å². The molecule has 1 aliphatic rings. The van der Waals surface area contributed by atoms with Crippen molar-refractivity contribution in [1.82, 2.24) is 19.4 Å². The number of nitrogens with one attached hydrogen (secondary N) is 1. The van der Waals surface area contributed by atoms with Crippen molar-refractivity contribution in [3.8, 4) is 33.7 Å². The molecule has 178 valence electrons. The van der Waals surface area contributed by atoms with Crippen LogP contribution >= 0.6 is 0 Å². The third kappa shape index (κ3) is 4.19. The highest BCUT2D eigenvalue weighted by atomic mass is 19.1. The molecule has 0 atom stereocenters. The lowest BCUT2D eigenvalue weighted by molar-refractivity contribution is 0.479. The Kier molecular flexibility index (Phi) is 5.64. The van der Waals surface area contributed by atoms with Gasteiger partial charge in [0, 0.05) is 67.3 Å². The normalized spacial score (nSPS) is 13.5. The molecule has 1 aliphatic heterocycles. The summed E-state index contributed by atoms with van der Waals surface area (Å²) in [6.07, 6.45) is 8.65. The third-order valence-electron chi connectivity index (χ3n) is 6.19. The van der Waals surface area contributed by atoms with E-state index < -0.39 is 5.82 Å². The van der Waals surface area contributed by atoms with Crippen molar-refractivity contribution in [2.24, 2.45) is 7.05 Å². The summed E-state index contributed by atoms with van der Waals surface area (Å²) in [6.45, 7) is 5.59. The second kappa shape index (κ2) is 8.79. The fourth-order valence-corrected chi connectivity index (χ4v) is 4.39. The number of aromatic hydroxyl groups is 1. The van der Waals surface area contributed by atoms with Crippen LogP contribution in [0, 0.1) is 12.7 Å². The minimum absolute atomic E-state index is 0.0469. The van der Waals surface area contributed by atoms with E-state index in [1.165, 1.54) is 21.4 Å². The molecule has 2 aromatic carbocycles. The number of phenols is 1. The van der Waals surface area contributed by atoms with Gasteiger partial charge in [0.1, 0.15) is 11.6 Å². The van der Waals surface area contributed by atoms with Gasteiger partial charge in [-0.05, 0) is 55.3 Å². The Hall–Kier alpha value is -4.33. The number of aryl methyl sites for hydroxylation is 2.